The maximum absolute atomic E-state index is 12.9. The van der Waals surface area contributed by atoms with Gasteiger partial charge in [0.25, 0.3) is 0 Å². The van der Waals surface area contributed by atoms with E-state index in [9.17, 15) is 4.39 Å². The molecule has 1 aromatic carbocycles. The van der Waals surface area contributed by atoms with E-state index in [4.69, 9.17) is 16.7 Å². The molecule has 0 amide bonds. The van der Waals surface area contributed by atoms with Gasteiger partial charge in [-0.25, -0.2) is 4.39 Å². The summed E-state index contributed by atoms with van der Waals surface area (Å²) in [6, 6.07) is 2.64. The standard InChI is InChI=1S/C10H12ClFO/c1-6(2)8-3-7(12)4-10(11)9(8)5-13/h3-4,6,13H,5H2,1-2H3. The summed E-state index contributed by atoms with van der Waals surface area (Å²) in [7, 11) is 0. The van der Waals surface area contributed by atoms with Gasteiger partial charge in [0, 0.05) is 5.02 Å². The summed E-state index contributed by atoms with van der Waals surface area (Å²) < 4.78 is 12.9. The van der Waals surface area contributed by atoms with Gasteiger partial charge in [-0.1, -0.05) is 25.4 Å². The summed E-state index contributed by atoms with van der Waals surface area (Å²) in [5.74, 6) is -0.193. The summed E-state index contributed by atoms with van der Waals surface area (Å²) in [5.41, 5.74) is 1.39. The largest absolute Gasteiger partial charge is 0.392 e. The molecule has 0 aliphatic rings. The first kappa shape index (κ1) is 10.5. The van der Waals surface area contributed by atoms with E-state index < -0.39 is 0 Å². The highest BCUT2D eigenvalue weighted by Gasteiger charge is 2.11. The van der Waals surface area contributed by atoms with Crippen molar-refractivity contribution < 1.29 is 9.50 Å². The Morgan fingerprint density at radius 1 is 1.46 bits per heavy atom. The molecule has 0 unspecified atom stereocenters. The van der Waals surface area contributed by atoms with Gasteiger partial charge in [-0.15, -0.1) is 0 Å². The fourth-order valence-corrected chi connectivity index (χ4v) is 1.58. The first-order chi connectivity index (χ1) is 6.06. The molecular formula is C10H12ClFO. The molecule has 0 heterocycles. The third kappa shape index (κ3) is 2.20. The van der Waals surface area contributed by atoms with Gasteiger partial charge in [0.2, 0.25) is 0 Å². The molecule has 1 nitrogen and oxygen atoms in total. The van der Waals surface area contributed by atoms with Gasteiger partial charge in [0.05, 0.1) is 6.61 Å². The number of hydrogen-bond acceptors (Lipinski definition) is 1. The lowest BCUT2D eigenvalue weighted by Gasteiger charge is -2.12. The molecule has 0 spiro atoms. The zero-order chi connectivity index (χ0) is 10.0. The molecule has 1 aromatic rings. The fraction of sp³-hybridized carbons (Fsp3) is 0.400. The third-order valence-corrected chi connectivity index (χ3v) is 2.31. The second-order valence-corrected chi connectivity index (χ2v) is 3.68. The minimum absolute atomic E-state index is 0.146. The van der Waals surface area contributed by atoms with Crippen LogP contribution in [0.4, 0.5) is 4.39 Å². The van der Waals surface area contributed by atoms with Crippen molar-refractivity contribution in [2.24, 2.45) is 0 Å². The lowest BCUT2D eigenvalue weighted by atomic mass is 9.97. The van der Waals surface area contributed by atoms with Gasteiger partial charge in [0.1, 0.15) is 5.82 Å². The van der Waals surface area contributed by atoms with E-state index >= 15 is 0 Å². The fourth-order valence-electron chi connectivity index (χ4n) is 1.31. The van der Waals surface area contributed by atoms with E-state index in [2.05, 4.69) is 0 Å². The zero-order valence-electron chi connectivity index (χ0n) is 7.64. The van der Waals surface area contributed by atoms with Crippen molar-refractivity contribution in [1.29, 1.82) is 0 Å². The van der Waals surface area contributed by atoms with E-state index in [1.165, 1.54) is 12.1 Å². The molecule has 13 heavy (non-hydrogen) atoms. The summed E-state index contributed by atoms with van der Waals surface area (Å²) in [5, 5.41) is 9.33. The number of benzene rings is 1. The third-order valence-electron chi connectivity index (χ3n) is 1.97. The molecule has 0 bridgehead atoms. The summed E-state index contributed by atoms with van der Waals surface area (Å²) in [6.07, 6.45) is 0. The zero-order valence-corrected chi connectivity index (χ0v) is 8.40. The van der Waals surface area contributed by atoms with Crippen LogP contribution in [0, 0.1) is 5.82 Å². The van der Waals surface area contributed by atoms with Crippen molar-refractivity contribution in [1.82, 2.24) is 0 Å². The molecule has 3 heteroatoms. The van der Waals surface area contributed by atoms with Gasteiger partial charge >= 0.3 is 0 Å². The molecule has 72 valence electrons. The lowest BCUT2D eigenvalue weighted by Crippen LogP contribution is -1.98. The summed E-state index contributed by atoms with van der Waals surface area (Å²) in [4.78, 5) is 0. The van der Waals surface area contributed by atoms with E-state index in [1.807, 2.05) is 13.8 Å². The van der Waals surface area contributed by atoms with Crippen molar-refractivity contribution in [2.45, 2.75) is 26.4 Å². The van der Waals surface area contributed by atoms with Crippen LogP contribution in [0.15, 0.2) is 12.1 Å². The average Bonchev–Trinajstić information content (AvgIpc) is 2.02. The van der Waals surface area contributed by atoms with Crippen LogP contribution in [0.25, 0.3) is 0 Å². The number of hydrogen-bond donors (Lipinski definition) is 1. The highest BCUT2D eigenvalue weighted by Crippen LogP contribution is 2.27. The van der Waals surface area contributed by atoms with Gasteiger partial charge in [-0.3, -0.25) is 0 Å². The van der Waals surface area contributed by atoms with E-state index in [1.54, 1.807) is 0 Å². The molecule has 0 radical (unpaired) electrons. The highest BCUT2D eigenvalue weighted by molar-refractivity contribution is 6.31. The smallest absolute Gasteiger partial charge is 0.124 e. The van der Waals surface area contributed by atoms with Crippen molar-refractivity contribution in [3.63, 3.8) is 0 Å². The number of aliphatic hydroxyl groups is 1. The Kier molecular flexibility index (Phi) is 3.28. The minimum Gasteiger partial charge on any atom is -0.392 e. The summed E-state index contributed by atoms with van der Waals surface area (Å²) >= 11 is 5.78. The molecule has 1 N–H and O–H groups in total. The van der Waals surface area contributed by atoms with Crippen LogP contribution in [0.1, 0.15) is 30.9 Å². The molecular weight excluding hydrogens is 191 g/mol. The molecule has 0 atom stereocenters. The summed E-state index contributed by atoms with van der Waals surface area (Å²) in [6.45, 7) is 3.72. The highest BCUT2D eigenvalue weighted by atomic mass is 35.5. The molecule has 0 aliphatic heterocycles. The molecule has 0 fully saturated rings. The molecule has 1 rings (SSSR count). The molecule has 0 saturated heterocycles. The van der Waals surface area contributed by atoms with Crippen molar-refractivity contribution in [3.05, 3.63) is 34.1 Å². The number of rotatable bonds is 2. The monoisotopic (exact) mass is 202 g/mol. The Balaban J connectivity index is 3.29. The number of aliphatic hydroxyl groups excluding tert-OH is 1. The normalized spacial score (nSPS) is 10.9. The first-order valence-electron chi connectivity index (χ1n) is 4.15. The molecule has 0 aromatic heterocycles. The van der Waals surface area contributed by atoms with Crippen LogP contribution in [-0.2, 0) is 6.61 Å². The maximum Gasteiger partial charge on any atom is 0.124 e. The second-order valence-electron chi connectivity index (χ2n) is 3.27. The Morgan fingerprint density at radius 2 is 2.08 bits per heavy atom. The van der Waals surface area contributed by atoms with Crippen LogP contribution in [0.2, 0.25) is 5.02 Å². The Bertz CT molecular complexity index is 310. The van der Waals surface area contributed by atoms with Crippen LogP contribution in [0.5, 0.6) is 0 Å². The SMILES string of the molecule is CC(C)c1cc(F)cc(Cl)c1CO. The second kappa shape index (κ2) is 4.07. The van der Waals surface area contributed by atoms with Gasteiger partial charge in [-0.05, 0) is 29.2 Å². The lowest BCUT2D eigenvalue weighted by molar-refractivity contribution is 0.280. The van der Waals surface area contributed by atoms with Crippen LogP contribution >= 0.6 is 11.6 Å². The predicted molar refractivity (Wildman–Crippen MR) is 51.4 cm³/mol. The Hall–Kier alpha value is -0.600. The molecule has 0 saturated carbocycles. The van der Waals surface area contributed by atoms with Crippen molar-refractivity contribution in [3.8, 4) is 0 Å². The first-order valence-corrected chi connectivity index (χ1v) is 4.52. The molecule has 0 aliphatic carbocycles. The minimum atomic E-state index is -0.356. The quantitative estimate of drug-likeness (QED) is 0.782. The number of halogens is 2. The van der Waals surface area contributed by atoms with Gasteiger partial charge < -0.3 is 5.11 Å². The van der Waals surface area contributed by atoms with E-state index in [-0.39, 0.29) is 18.3 Å². The van der Waals surface area contributed by atoms with Crippen molar-refractivity contribution in [2.75, 3.05) is 0 Å². The van der Waals surface area contributed by atoms with Crippen molar-refractivity contribution >= 4 is 11.6 Å². The average molecular weight is 203 g/mol. The van der Waals surface area contributed by atoms with Crippen LogP contribution in [-0.4, -0.2) is 5.11 Å². The van der Waals surface area contributed by atoms with E-state index in [0.717, 1.165) is 5.56 Å². The van der Waals surface area contributed by atoms with Crippen LogP contribution < -0.4 is 0 Å². The maximum atomic E-state index is 12.9. The van der Waals surface area contributed by atoms with Gasteiger partial charge in [-0.2, -0.15) is 0 Å². The Morgan fingerprint density at radius 3 is 2.54 bits per heavy atom. The Labute approximate surface area is 82.2 Å². The predicted octanol–water partition coefficient (Wildman–Crippen LogP) is 3.09. The van der Waals surface area contributed by atoms with E-state index in [0.29, 0.717) is 10.6 Å². The van der Waals surface area contributed by atoms with Gasteiger partial charge in [0.15, 0.2) is 0 Å². The topological polar surface area (TPSA) is 20.2 Å². The van der Waals surface area contributed by atoms with Crippen LogP contribution in [0.3, 0.4) is 0 Å².